The molecule has 0 aliphatic carbocycles. The zero-order valence-corrected chi connectivity index (χ0v) is 26.2. The normalized spacial score (nSPS) is 18.8. The van der Waals surface area contributed by atoms with Crippen LogP contribution in [0.3, 0.4) is 0 Å². The van der Waals surface area contributed by atoms with Gasteiger partial charge in [-0.1, -0.05) is 77.7 Å². The van der Waals surface area contributed by atoms with Crippen molar-refractivity contribution in [3.05, 3.63) is 113 Å². The number of carbonyl (C=O) groups excluding carboxylic acids is 2. The smallest absolute Gasteiger partial charge is 0.301 e. The average molecular weight is 636 g/mol. The monoisotopic (exact) mass is 635 g/mol. The molecule has 0 unspecified atom stereocenters. The first-order valence-electron chi connectivity index (χ1n) is 14.7. The predicted molar refractivity (Wildman–Crippen MR) is 176 cm³/mol. The van der Waals surface area contributed by atoms with Gasteiger partial charge in [0.25, 0.3) is 5.78 Å². The Kier molecular flexibility index (Phi) is 7.76. The first-order chi connectivity index (χ1) is 21.9. The SMILES string of the molecule is CCOc1cccc([C@@H]2/C(=C(\O)c3ccc4c(c3)C[C@H](C)O4)C(=O)C(=O)N2c2nnc(SCc3cccc4ccccc34)s2)c1. The Morgan fingerprint density at radius 2 is 1.87 bits per heavy atom. The number of rotatable bonds is 8. The summed E-state index contributed by atoms with van der Waals surface area (Å²) in [6.07, 6.45) is 0.712. The number of aromatic nitrogens is 2. The summed E-state index contributed by atoms with van der Waals surface area (Å²) < 4.78 is 12.2. The summed E-state index contributed by atoms with van der Waals surface area (Å²) in [6.45, 7) is 4.32. The van der Waals surface area contributed by atoms with Crippen LogP contribution in [0.15, 0.2) is 94.8 Å². The van der Waals surface area contributed by atoms with Crippen LogP contribution in [-0.2, 0) is 21.8 Å². The zero-order valence-electron chi connectivity index (χ0n) is 24.6. The molecule has 1 fully saturated rings. The zero-order chi connectivity index (χ0) is 31.1. The van der Waals surface area contributed by atoms with Crippen LogP contribution >= 0.6 is 23.1 Å². The first kappa shape index (κ1) is 29.1. The van der Waals surface area contributed by atoms with Crippen molar-refractivity contribution in [3.8, 4) is 11.5 Å². The van der Waals surface area contributed by atoms with E-state index in [0.29, 0.717) is 40.0 Å². The largest absolute Gasteiger partial charge is 0.507 e. The fraction of sp³-hybridized carbons (Fsp3) is 0.200. The number of benzene rings is 4. The lowest BCUT2D eigenvalue weighted by molar-refractivity contribution is -0.132. The van der Waals surface area contributed by atoms with E-state index in [1.165, 1.54) is 33.4 Å². The van der Waals surface area contributed by atoms with Gasteiger partial charge in [0.1, 0.15) is 23.4 Å². The molecule has 0 radical (unpaired) electrons. The van der Waals surface area contributed by atoms with Gasteiger partial charge in [0.15, 0.2) is 4.34 Å². The third-order valence-corrected chi connectivity index (χ3v) is 10.0. The molecule has 0 bridgehead atoms. The molecule has 4 aromatic carbocycles. The Labute approximate surface area is 268 Å². The van der Waals surface area contributed by atoms with E-state index in [1.54, 1.807) is 24.3 Å². The van der Waals surface area contributed by atoms with Crippen LogP contribution in [0.25, 0.3) is 16.5 Å². The number of Topliss-reactive ketones (excluding diaryl/α,β-unsaturated/α-hetero) is 1. The number of aliphatic hydroxyl groups excluding tert-OH is 1. The van der Waals surface area contributed by atoms with E-state index in [1.807, 2.05) is 50.2 Å². The summed E-state index contributed by atoms with van der Waals surface area (Å²) >= 11 is 2.76. The van der Waals surface area contributed by atoms with Crippen LogP contribution in [0.2, 0.25) is 0 Å². The fourth-order valence-electron chi connectivity index (χ4n) is 5.93. The summed E-state index contributed by atoms with van der Waals surface area (Å²) in [6, 6.07) is 26.0. The van der Waals surface area contributed by atoms with Crippen molar-refractivity contribution >= 4 is 56.5 Å². The van der Waals surface area contributed by atoms with Crippen LogP contribution in [0.4, 0.5) is 5.13 Å². The molecule has 45 heavy (non-hydrogen) atoms. The minimum atomic E-state index is -0.933. The van der Waals surface area contributed by atoms with Crippen LogP contribution in [0.5, 0.6) is 11.5 Å². The number of carbonyl (C=O) groups is 2. The lowest BCUT2D eigenvalue weighted by Crippen LogP contribution is -2.29. The predicted octanol–water partition coefficient (Wildman–Crippen LogP) is 7.33. The Morgan fingerprint density at radius 1 is 1.04 bits per heavy atom. The Morgan fingerprint density at radius 3 is 2.73 bits per heavy atom. The van der Waals surface area contributed by atoms with Crippen molar-refractivity contribution in [2.75, 3.05) is 11.5 Å². The number of nitrogens with zero attached hydrogens (tertiary/aromatic N) is 3. The molecule has 0 spiro atoms. The maximum absolute atomic E-state index is 13.7. The van der Waals surface area contributed by atoms with Crippen LogP contribution in [0, 0.1) is 0 Å². The molecule has 2 aliphatic rings. The van der Waals surface area contributed by atoms with Gasteiger partial charge in [-0.3, -0.25) is 14.5 Å². The number of ketones is 1. The van der Waals surface area contributed by atoms with Crippen molar-refractivity contribution in [3.63, 3.8) is 0 Å². The molecule has 0 saturated carbocycles. The van der Waals surface area contributed by atoms with Gasteiger partial charge in [-0.2, -0.15) is 0 Å². The van der Waals surface area contributed by atoms with Crippen molar-refractivity contribution in [2.45, 2.75) is 42.5 Å². The van der Waals surface area contributed by atoms with Gasteiger partial charge in [-0.05, 0) is 71.6 Å². The summed E-state index contributed by atoms with van der Waals surface area (Å²) in [7, 11) is 0. The van der Waals surface area contributed by atoms with E-state index in [-0.39, 0.29) is 22.6 Å². The van der Waals surface area contributed by atoms with Crippen molar-refractivity contribution in [1.29, 1.82) is 0 Å². The maximum atomic E-state index is 13.7. The Bertz CT molecular complexity index is 1980. The molecule has 1 saturated heterocycles. The van der Waals surface area contributed by atoms with Crippen molar-refractivity contribution < 1.29 is 24.2 Å². The highest BCUT2D eigenvalue weighted by Crippen LogP contribution is 2.45. The molecule has 1 aromatic heterocycles. The highest BCUT2D eigenvalue weighted by atomic mass is 32.2. The maximum Gasteiger partial charge on any atom is 0.301 e. The molecule has 2 atom stereocenters. The number of anilines is 1. The molecule has 1 amide bonds. The molecule has 7 rings (SSSR count). The minimum absolute atomic E-state index is 0.0132. The minimum Gasteiger partial charge on any atom is -0.507 e. The number of fused-ring (bicyclic) bond motifs is 2. The third kappa shape index (κ3) is 5.44. The molecular weight excluding hydrogens is 607 g/mol. The lowest BCUT2D eigenvalue weighted by atomic mass is 9.94. The number of ether oxygens (including phenoxy) is 2. The number of hydrogen-bond acceptors (Lipinski definition) is 9. The van der Waals surface area contributed by atoms with Gasteiger partial charge >= 0.3 is 5.91 Å². The van der Waals surface area contributed by atoms with Gasteiger partial charge in [0.05, 0.1) is 18.2 Å². The molecule has 8 nitrogen and oxygen atoms in total. The van der Waals surface area contributed by atoms with E-state index in [9.17, 15) is 14.7 Å². The van der Waals surface area contributed by atoms with E-state index in [0.717, 1.165) is 22.3 Å². The summed E-state index contributed by atoms with van der Waals surface area (Å²) in [5.41, 5.74) is 3.14. The van der Waals surface area contributed by atoms with Crippen molar-refractivity contribution in [2.24, 2.45) is 0 Å². The second-order valence-corrected chi connectivity index (χ2v) is 13.1. The molecule has 2 aliphatic heterocycles. The molecule has 1 N–H and O–H groups in total. The van der Waals surface area contributed by atoms with E-state index in [2.05, 4.69) is 34.5 Å². The van der Waals surface area contributed by atoms with Gasteiger partial charge in [0, 0.05) is 17.7 Å². The average Bonchev–Trinajstić information content (AvgIpc) is 3.74. The number of amides is 1. The molecule has 5 aromatic rings. The third-order valence-electron chi connectivity index (χ3n) is 7.93. The van der Waals surface area contributed by atoms with Crippen molar-refractivity contribution in [1.82, 2.24) is 10.2 Å². The van der Waals surface area contributed by atoms with Crippen LogP contribution < -0.4 is 14.4 Å². The molecule has 3 heterocycles. The van der Waals surface area contributed by atoms with E-state index >= 15 is 0 Å². The molecular formula is C35H29N3O5S2. The Balaban J connectivity index is 1.26. The highest BCUT2D eigenvalue weighted by molar-refractivity contribution is 8.00. The van der Waals surface area contributed by atoms with Crippen LogP contribution in [0.1, 0.15) is 42.1 Å². The Hall–Kier alpha value is -4.67. The standard InChI is InChI=1S/C35H29N3O5S2/c1-3-42-26-12-7-10-22(18-26)30-29(31(39)23-14-15-28-25(17-23)16-20(2)43-28)32(40)33(41)38(30)34-36-37-35(45-34)44-19-24-11-6-9-21-8-4-5-13-27(21)24/h4-15,17-18,20,30,39H,3,16,19H2,1-2H3/b31-29+/t20-,30+/m0/s1. The van der Waals surface area contributed by atoms with Gasteiger partial charge < -0.3 is 14.6 Å². The summed E-state index contributed by atoms with van der Waals surface area (Å²) in [5.74, 6) is 0.193. The van der Waals surface area contributed by atoms with E-state index in [4.69, 9.17) is 9.47 Å². The number of thioether (sulfide) groups is 1. The first-order valence-corrected chi connectivity index (χ1v) is 16.5. The van der Waals surface area contributed by atoms with Gasteiger partial charge in [-0.25, -0.2) is 0 Å². The number of hydrogen-bond donors (Lipinski definition) is 1. The van der Waals surface area contributed by atoms with Gasteiger partial charge in [0.2, 0.25) is 5.13 Å². The quantitative estimate of drug-likeness (QED) is 0.0622. The van der Waals surface area contributed by atoms with E-state index < -0.39 is 17.7 Å². The highest BCUT2D eigenvalue weighted by Gasteiger charge is 2.48. The molecule has 10 heteroatoms. The number of aliphatic hydroxyl groups is 1. The second kappa shape index (κ2) is 12.0. The lowest BCUT2D eigenvalue weighted by Gasteiger charge is -2.23. The van der Waals surface area contributed by atoms with Gasteiger partial charge in [-0.15, -0.1) is 10.2 Å². The fourth-order valence-corrected chi connectivity index (χ4v) is 7.80. The topological polar surface area (TPSA) is 102 Å². The second-order valence-electron chi connectivity index (χ2n) is 10.9. The summed E-state index contributed by atoms with van der Waals surface area (Å²) in [4.78, 5) is 28.8. The molecule has 226 valence electrons. The summed E-state index contributed by atoms with van der Waals surface area (Å²) in [5, 5.41) is 23.0. The van der Waals surface area contributed by atoms with Crippen LogP contribution in [-0.4, -0.2) is 39.7 Å².